The average molecular weight is 1340 g/mol. The Kier molecular flexibility index (Phi) is 62.7. The molecule has 0 spiro atoms. The van der Waals surface area contributed by atoms with Crippen molar-refractivity contribution in [1.29, 1.82) is 0 Å². The molecule has 0 aromatic carbocycles. The Morgan fingerprint density at radius 2 is 0.560 bits per heavy atom. The van der Waals surface area contributed by atoms with Crippen molar-refractivity contribution < 1.29 is 80.2 Å². The fraction of sp³-hybridized carbons (Fsp3) is 0.944. The second kappa shape index (κ2) is 64.1. The largest absolute Gasteiger partial charge is 0.472 e. The second-order valence-corrected chi connectivity index (χ2v) is 29.6. The third kappa shape index (κ3) is 65.1. The quantitative estimate of drug-likeness (QED) is 0.0222. The van der Waals surface area contributed by atoms with E-state index in [1.54, 1.807) is 0 Å². The van der Waals surface area contributed by atoms with E-state index in [0.29, 0.717) is 25.7 Å². The number of rotatable bonds is 71. The van der Waals surface area contributed by atoms with Gasteiger partial charge in [-0.1, -0.05) is 318 Å². The summed E-state index contributed by atoms with van der Waals surface area (Å²) in [5.74, 6) is -0.626. The molecule has 0 heterocycles. The fourth-order valence-electron chi connectivity index (χ4n) is 10.9. The highest BCUT2D eigenvalue weighted by atomic mass is 31.2. The fourth-order valence-corrected chi connectivity index (χ4v) is 12.5. The van der Waals surface area contributed by atoms with Gasteiger partial charge in [0.1, 0.15) is 19.3 Å². The van der Waals surface area contributed by atoms with E-state index >= 15 is 0 Å². The van der Waals surface area contributed by atoms with Crippen LogP contribution in [0, 0.1) is 11.8 Å². The van der Waals surface area contributed by atoms with E-state index in [1.165, 1.54) is 186 Å². The number of hydrogen-bond donors (Lipinski definition) is 3. The van der Waals surface area contributed by atoms with Gasteiger partial charge in [0, 0.05) is 25.7 Å². The zero-order chi connectivity index (χ0) is 67.2. The van der Waals surface area contributed by atoms with Crippen LogP contribution in [0.2, 0.25) is 0 Å². The van der Waals surface area contributed by atoms with Crippen molar-refractivity contribution in [1.82, 2.24) is 0 Å². The Bertz CT molecular complexity index is 1770. The van der Waals surface area contributed by atoms with Crippen LogP contribution in [-0.2, 0) is 65.4 Å². The van der Waals surface area contributed by atoms with Crippen molar-refractivity contribution in [2.75, 3.05) is 39.6 Å². The average Bonchev–Trinajstić information content (AvgIpc) is 2.31. The van der Waals surface area contributed by atoms with Crippen molar-refractivity contribution in [2.45, 2.75) is 387 Å². The zero-order valence-corrected chi connectivity index (χ0v) is 60.9. The highest BCUT2D eigenvalue weighted by Gasteiger charge is 2.30. The predicted molar refractivity (Wildman–Crippen MR) is 368 cm³/mol. The van der Waals surface area contributed by atoms with Crippen LogP contribution in [0.3, 0.4) is 0 Å². The van der Waals surface area contributed by atoms with Crippen molar-refractivity contribution in [3.63, 3.8) is 0 Å². The molecule has 0 aromatic heterocycles. The van der Waals surface area contributed by atoms with Crippen LogP contribution in [0.5, 0.6) is 0 Å². The highest BCUT2D eigenvalue weighted by molar-refractivity contribution is 7.47. The molecular weight excluding hydrogens is 1200 g/mol. The lowest BCUT2D eigenvalue weighted by Gasteiger charge is -2.21. The summed E-state index contributed by atoms with van der Waals surface area (Å²) in [5.41, 5.74) is 0. The summed E-state index contributed by atoms with van der Waals surface area (Å²) in [6.07, 6.45) is 49.9. The number of hydrogen-bond acceptors (Lipinski definition) is 15. The molecule has 0 aliphatic carbocycles. The molecule has 17 nitrogen and oxygen atoms in total. The number of unbranched alkanes of at least 4 members (excludes halogenated alkanes) is 40. The molecule has 540 valence electrons. The highest BCUT2D eigenvalue weighted by Crippen LogP contribution is 2.45. The van der Waals surface area contributed by atoms with Crippen LogP contribution in [0.25, 0.3) is 0 Å². The van der Waals surface area contributed by atoms with Gasteiger partial charge in [-0.05, 0) is 37.5 Å². The van der Waals surface area contributed by atoms with Crippen LogP contribution in [0.1, 0.15) is 369 Å². The van der Waals surface area contributed by atoms with Gasteiger partial charge in [0.2, 0.25) is 0 Å². The van der Waals surface area contributed by atoms with E-state index in [0.717, 1.165) is 102 Å². The summed E-state index contributed by atoms with van der Waals surface area (Å²) < 4.78 is 68.4. The molecule has 91 heavy (non-hydrogen) atoms. The van der Waals surface area contributed by atoms with E-state index < -0.39 is 97.5 Å². The minimum absolute atomic E-state index is 0.105. The smallest absolute Gasteiger partial charge is 0.462 e. The van der Waals surface area contributed by atoms with Gasteiger partial charge in [-0.3, -0.25) is 37.3 Å². The number of carbonyl (C=O) groups is 4. The molecule has 0 rings (SSSR count). The predicted octanol–water partition coefficient (Wildman–Crippen LogP) is 20.8. The minimum atomic E-state index is -4.95. The third-order valence-corrected chi connectivity index (χ3v) is 19.0. The molecule has 0 amide bonds. The molecule has 19 heteroatoms. The lowest BCUT2D eigenvalue weighted by atomic mass is 9.99. The van der Waals surface area contributed by atoms with Gasteiger partial charge >= 0.3 is 39.5 Å². The number of aliphatic hydroxyl groups excluding tert-OH is 1. The molecule has 0 aromatic rings. The summed E-state index contributed by atoms with van der Waals surface area (Å²) in [7, 11) is -9.90. The summed E-state index contributed by atoms with van der Waals surface area (Å²) in [4.78, 5) is 72.6. The van der Waals surface area contributed by atoms with Gasteiger partial charge in [0.05, 0.1) is 26.4 Å². The zero-order valence-electron chi connectivity index (χ0n) is 59.1. The molecular formula is C72H140O17P2. The maximum absolute atomic E-state index is 13.0. The summed E-state index contributed by atoms with van der Waals surface area (Å²) in [6, 6.07) is 0. The summed E-state index contributed by atoms with van der Waals surface area (Å²) >= 11 is 0. The van der Waals surface area contributed by atoms with E-state index in [2.05, 4.69) is 41.5 Å². The van der Waals surface area contributed by atoms with Crippen molar-refractivity contribution >= 4 is 39.5 Å². The molecule has 6 atom stereocenters. The van der Waals surface area contributed by atoms with Crippen molar-refractivity contribution in [3.05, 3.63) is 0 Å². The molecule has 0 aliphatic heterocycles. The van der Waals surface area contributed by atoms with Crippen LogP contribution >= 0.6 is 15.6 Å². The van der Waals surface area contributed by atoms with Gasteiger partial charge in [0.15, 0.2) is 12.2 Å². The SMILES string of the molecule is CCCCCCCCCCCCCCCCCCCC(=O)O[C@H](COC(=O)CCCCCCCCCCC(C)CC)COP(=O)(O)OC[C@@H](O)COP(=O)(O)OC[C@@H](COC(=O)CCCCCCCCCCCCC)OC(=O)CCCCCCCCCCC(C)C. The number of phosphoric ester groups is 2. The van der Waals surface area contributed by atoms with Crippen LogP contribution < -0.4 is 0 Å². The van der Waals surface area contributed by atoms with Crippen LogP contribution in [0.15, 0.2) is 0 Å². The molecule has 0 bridgehead atoms. The molecule has 0 fully saturated rings. The first kappa shape index (κ1) is 89.1. The molecule has 3 N–H and O–H groups in total. The van der Waals surface area contributed by atoms with Crippen LogP contribution in [-0.4, -0.2) is 96.7 Å². The summed E-state index contributed by atoms with van der Waals surface area (Å²) in [5, 5.41) is 10.6. The van der Waals surface area contributed by atoms with E-state index in [-0.39, 0.29) is 25.7 Å². The number of phosphoric acid groups is 2. The lowest BCUT2D eigenvalue weighted by molar-refractivity contribution is -0.161. The summed E-state index contributed by atoms with van der Waals surface area (Å²) in [6.45, 7) is 9.53. The third-order valence-electron chi connectivity index (χ3n) is 17.1. The Hall–Kier alpha value is -1.94. The van der Waals surface area contributed by atoms with Gasteiger partial charge in [-0.2, -0.15) is 0 Å². The van der Waals surface area contributed by atoms with E-state index in [9.17, 15) is 43.2 Å². The Morgan fingerprint density at radius 1 is 0.319 bits per heavy atom. The van der Waals surface area contributed by atoms with Crippen LogP contribution in [0.4, 0.5) is 0 Å². The molecule has 3 unspecified atom stereocenters. The number of aliphatic hydroxyl groups is 1. The van der Waals surface area contributed by atoms with Gasteiger partial charge in [0.25, 0.3) is 0 Å². The monoisotopic (exact) mass is 1340 g/mol. The second-order valence-electron chi connectivity index (χ2n) is 26.7. The molecule has 0 saturated carbocycles. The number of carbonyl (C=O) groups excluding carboxylic acids is 4. The lowest BCUT2D eigenvalue weighted by Crippen LogP contribution is -2.30. The van der Waals surface area contributed by atoms with Gasteiger partial charge in [-0.15, -0.1) is 0 Å². The Balaban J connectivity index is 5.24. The minimum Gasteiger partial charge on any atom is -0.462 e. The normalized spacial score (nSPS) is 14.4. The van der Waals surface area contributed by atoms with E-state index in [4.69, 9.17) is 37.0 Å². The Labute approximate surface area is 556 Å². The number of ether oxygens (including phenoxy) is 4. The first-order chi connectivity index (χ1) is 43.9. The standard InChI is InChI=1S/C72H140O17P2/c1-7-10-12-14-16-18-20-21-22-23-24-25-27-29-38-44-50-56-71(76)88-67(61-83-70(75)55-49-43-37-33-31-35-41-47-53-65(6)9-3)62-86-90(78,79)84-58-66(73)59-85-91(80,81)87-63-68(89-72(77)57-51-45-39-32-30-34-40-46-52-64(4)5)60-82-69(74)54-48-42-36-28-26-19-17-15-13-11-8-2/h64-68,73H,7-63H2,1-6H3,(H,78,79)(H,80,81)/t65?,66-,67-,68-/m1/s1. The molecule has 0 saturated heterocycles. The first-order valence-corrected chi connectivity index (χ1v) is 40.5. The molecule has 0 aliphatic rings. The van der Waals surface area contributed by atoms with Crippen molar-refractivity contribution in [3.8, 4) is 0 Å². The maximum Gasteiger partial charge on any atom is 0.472 e. The van der Waals surface area contributed by atoms with E-state index in [1.807, 2.05) is 0 Å². The van der Waals surface area contributed by atoms with Crippen molar-refractivity contribution in [2.24, 2.45) is 11.8 Å². The number of esters is 4. The molecule has 0 radical (unpaired) electrons. The first-order valence-electron chi connectivity index (χ1n) is 37.5. The van der Waals surface area contributed by atoms with Gasteiger partial charge in [-0.25, -0.2) is 9.13 Å². The maximum atomic E-state index is 13.0. The van der Waals surface area contributed by atoms with Gasteiger partial charge < -0.3 is 33.8 Å². The topological polar surface area (TPSA) is 237 Å². The Morgan fingerprint density at radius 3 is 0.835 bits per heavy atom.